The number of nitrogens with zero attached hydrogens (tertiary/aromatic N) is 1. The summed E-state index contributed by atoms with van der Waals surface area (Å²) in [6.45, 7) is 0. The minimum absolute atomic E-state index is 0.0910. The molecule has 6 heteroatoms. The maximum absolute atomic E-state index is 12.5. The molecule has 0 heterocycles. The molecule has 0 aliphatic heterocycles. The lowest BCUT2D eigenvalue weighted by Gasteiger charge is -2.20. The van der Waals surface area contributed by atoms with E-state index in [-0.39, 0.29) is 10.6 Å². The van der Waals surface area contributed by atoms with Crippen LogP contribution in [0.15, 0.2) is 57.9 Å². The van der Waals surface area contributed by atoms with Gasteiger partial charge in [-0.1, -0.05) is 34.1 Å². The molecule has 0 saturated carbocycles. The molecule has 0 atom stereocenters. The van der Waals surface area contributed by atoms with Gasteiger partial charge in [-0.15, -0.1) is 0 Å². The standard InChI is InChI=1S/C13H13BrN2O2S/c1-16(11-5-3-2-4-6-11)19(17,18)13-9-10(14)7-8-12(13)15/h2-9H,15H2,1H3. The normalized spacial score (nSPS) is 11.3. The van der Waals surface area contributed by atoms with E-state index in [9.17, 15) is 8.42 Å². The van der Waals surface area contributed by atoms with E-state index in [1.807, 2.05) is 6.07 Å². The molecule has 0 bridgehead atoms. The summed E-state index contributed by atoms with van der Waals surface area (Å²) >= 11 is 3.26. The number of hydrogen-bond acceptors (Lipinski definition) is 3. The SMILES string of the molecule is CN(c1ccccc1)S(=O)(=O)c1cc(Br)ccc1N. The molecule has 2 rings (SSSR count). The minimum atomic E-state index is -3.67. The van der Waals surface area contributed by atoms with E-state index in [4.69, 9.17) is 5.73 Å². The number of para-hydroxylation sites is 1. The van der Waals surface area contributed by atoms with Crippen molar-refractivity contribution in [1.82, 2.24) is 0 Å². The Bertz CT molecular complexity index is 687. The zero-order valence-electron chi connectivity index (χ0n) is 10.2. The predicted molar refractivity (Wildman–Crippen MR) is 80.6 cm³/mol. The van der Waals surface area contributed by atoms with Crippen LogP contribution in [0.25, 0.3) is 0 Å². The van der Waals surface area contributed by atoms with Crippen LogP contribution in [0, 0.1) is 0 Å². The summed E-state index contributed by atoms with van der Waals surface area (Å²) < 4.78 is 26.9. The molecule has 0 unspecified atom stereocenters. The molecule has 2 aromatic rings. The Kier molecular flexibility index (Phi) is 3.82. The molecular weight excluding hydrogens is 328 g/mol. The van der Waals surface area contributed by atoms with Crippen LogP contribution in [-0.4, -0.2) is 15.5 Å². The predicted octanol–water partition coefficient (Wildman–Crippen LogP) is 2.86. The molecule has 0 aliphatic carbocycles. The Morgan fingerprint density at radius 3 is 2.37 bits per heavy atom. The van der Waals surface area contributed by atoms with Crippen molar-refractivity contribution in [1.29, 1.82) is 0 Å². The first-order valence-corrected chi connectivity index (χ1v) is 7.75. The van der Waals surface area contributed by atoms with Crippen LogP contribution < -0.4 is 10.0 Å². The van der Waals surface area contributed by atoms with Crippen molar-refractivity contribution in [3.8, 4) is 0 Å². The van der Waals surface area contributed by atoms with Gasteiger partial charge in [-0.3, -0.25) is 4.31 Å². The van der Waals surface area contributed by atoms with E-state index >= 15 is 0 Å². The highest BCUT2D eigenvalue weighted by atomic mass is 79.9. The Balaban J connectivity index is 2.51. The molecule has 0 radical (unpaired) electrons. The lowest BCUT2D eigenvalue weighted by molar-refractivity contribution is 0.594. The van der Waals surface area contributed by atoms with Gasteiger partial charge in [-0.05, 0) is 30.3 Å². The van der Waals surface area contributed by atoms with Crippen LogP contribution in [0.1, 0.15) is 0 Å². The first-order valence-electron chi connectivity index (χ1n) is 5.52. The van der Waals surface area contributed by atoms with E-state index in [0.29, 0.717) is 10.2 Å². The highest BCUT2D eigenvalue weighted by molar-refractivity contribution is 9.10. The second kappa shape index (κ2) is 5.22. The van der Waals surface area contributed by atoms with Crippen LogP contribution in [0.5, 0.6) is 0 Å². The first-order chi connectivity index (χ1) is 8.93. The van der Waals surface area contributed by atoms with Gasteiger partial charge in [-0.2, -0.15) is 0 Å². The van der Waals surface area contributed by atoms with Gasteiger partial charge in [0.15, 0.2) is 0 Å². The summed E-state index contributed by atoms with van der Waals surface area (Å²) in [5.74, 6) is 0. The Morgan fingerprint density at radius 1 is 1.11 bits per heavy atom. The van der Waals surface area contributed by atoms with Crippen LogP contribution in [0.2, 0.25) is 0 Å². The van der Waals surface area contributed by atoms with Crippen molar-refractivity contribution in [3.63, 3.8) is 0 Å². The smallest absolute Gasteiger partial charge is 0.266 e. The average molecular weight is 341 g/mol. The molecule has 0 amide bonds. The molecule has 4 nitrogen and oxygen atoms in total. The number of benzene rings is 2. The maximum Gasteiger partial charge on any atom is 0.266 e. The summed E-state index contributed by atoms with van der Waals surface area (Å²) in [6, 6.07) is 13.6. The summed E-state index contributed by atoms with van der Waals surface area (Å²) in [5, 5.41) is 0. The number of halogens is 1. The molecule has 0 fully saturated rings. The summed E-state index contributed by atoms with van der Waals surface area (Å²) in [7, 11) is -2.16. The van der Waals surface area contributed by atoms with Gasteiger partial charge in [0, 0.05) is 11.5 Å². The third kappa shape index (κ3) is 2.74. The number of nitrogens with two attached hydrogens (primary N) is 1. The number of rotatable bonds is 3. The van der Waals surface area contributed by atoms with Crippen LogP contribution >= 0.6 is 15.9 Å². The fourth-order valence-electron chi connectivity index (χ4n) is 1.66. The second-order valence-electron chi connectivity index (χ2n) is 3.99. The highest BCUT2D eigenvalue weighted by Crippen LogP contribution is 2.28. The summed E-state index contributed by atoms with van der Waals surface area (Å²) in [4.78, 5) is 0.0910. The lowest BCUT2D eigenvalue weighted by Crippen LogP contribution is -2.27. The Morgan fingerprint density at radius 2 is 1.74 bits per heavy atom. The molecule has 2 aromatic carbocycles. The molecule has 0 saturated heterocycles. The fourth-order valence-corrected chi connectivity index (χ4v) is 3.50. The maximum atomic E-state index is 12.5. The Labute approximate surface area is 121 Å². The van der Waals surface area contributed by atoms with Gasteiger partial charge in [0.05, 0.1) is 11.4 Å². The molecule has 19 heavy (non-hydrogen) atoms. The van der Waals surface area contributed by atoms with Crippen molar-refractivity contribution < 1.29 is 8.42 Å². The van der Waals surface area contributed by atoms with Crippen molar-refractivity contribution in [2.45, 2.75) is 4.90 Å². The monoisotopic (exact) mass is 340 g/mol. The van der Waals surface area contributed by atoms with Crippen molar-refractivity contribution >= 4 is 37.3 Å². The topological polar surface area (TPSA) is 63.4 Å². The quantitative estimate of drug-likeness (QED) is 0.873. The second-order valence-corrected chi connectivity index (χ2v) is 6.84. The van der Waals surface area contributed by atoms with Gasteiger partial charge in [-0.25, -0.2) is 8.42 Å². The lowest BCUT2D eigenvalue weighted by atomic mass is 10.3. The van der Waals surface area contributed by atoms with Crippen LogP contribution in [0.4, 0.5) is 11.4 Å². The third-order valence-corrected chi connectivity index (χ3v) is 5.07. The van der Waals surface area contributed by atoms with Crippen molar-refractivity contribution in [2.24, 2.45) is 0 Å². The average Bonchev–Trinajstić information content (AvgIpc) is 2.41. The van der Waals surface area contributed by atoms with E-state index in [1.54, 1.807) is 36.4 Å². The van der Waals surface area contributed by atoms with Crippen molar-refractivity contribution in [3.05, 3.63) is 53.0 Å². The summed E-state index contributed by atoms with van der Waals surface area (Å²) in [6.07, 6.45) is 0. The van der Waals surface area contributed by atoms with Crippen LogP contribution in [-0.2, 0) is 10.0 Å². The molecule has 0 spiro atoms. The number of hydrogen-bond donors (Lipinski definition) is 1. The fraction of sp³-hybridized carbons (Fsp3) is 0.0769. The van der Waals surface area contributed by atoms with Gasteiger partial charge < -0.3 is 5.73 Å². The molecule has 0 aromatic heterocycles. The molecule has 2 N–H and O–H groups in total. The van der Waals surface area contributed by atoms with E-state index < -0.39 is 10.0 Å². The van der Waals surface area contributed by atoms with Crippen LogP contribution in [0.3, 0.4) is 0 Å². The van der Waals surface area contributed by atoms with Gasteiger partial charge in [0.25, 0.3) is 10.0 Å². The largest absolute Gasteiger partial charge is 0.398 e. The first kappa shape index (κ1) is 13.9. The van der Waals surface area contributed by atoms with Gasteiger partial charge in [0.1, 0.15) is 4.90 Å². The zero-order valence-corrected chi connectivity index (χ0v) is 12.6. The van der Waals surface area contributed by atoms with Gasteiger partial charge >= 0.3 is 0 Å². The zero-order chi connectivity index (χ0) is 14.0. The number of sulfonamides is 1. The van der Waals surface area contributed by atoms with Gasteiger partial charge in [0.2, 0.25) is 0 Å². The number of anilines is 2. The van der Waals surface area contributed by atoms with E-state index in [2.05, 4.69) is 15.9 Å². The van der Waals surface area contributed by atoms with Crippen molar-refractivity contribution in [2.75, 3.05) is 17.1 Å². The minimum Gasteiger partial charge on any atom is -0.398 e. The summed E-state index contributed by atoms with van der Waals surface area (Å²) in [5.41, 5.74) is 6.58. The van der Waals surface area contributed by atoms with E-state index in [1.165, 1.54) is 17.4 Å². The molecule has 0 aliphatic rings. The molecular formula is C13H13BrN2O2S. The number of nitrogen functional groups attached to an aromatic ring is 1. The third-order valence-electron chi connectivity index (χ3n) is 2.73. The highest BCUT2D eigenvalue weighted by Gasteiger charge is 2.23. The Hall–Kier alpha value is -1.53. The van der Waals surface area contributed by atoms with E-state index in [0.717, 1.165) is 0 Å². The molecule has 100 valence electrons.